The van der Waals surface area contributed by atoms with E-state index in [1.54, 1.807) is 19.1 Å². The van der Waals surface area contributed by atoms with Crippen LogP contribution < -0.4 is 5.32 Å². The average Bonchev–Trinajstić information content (AvgIpc) is 3.08. The summed E-state index contributed by atoms with van der Waals surface area (Å²) >= 11 is 0. The quantitative estimate of drug-likeness (QED) is 0.766. The summed E-state index contributed by atoms with van der Waals surface area (Å²) in [6.45, 7) is 5.40. The number of hydrogen-bond donors (Lipinski definition) is 2. The smallest absolute Gasteiger partial charge is 0.220 e. The molecule has 1 aromatic carbocycles. The topological polar surface area (TPSA) is 79.5 Å². The van der Waals surface area contributed by atoms with Crippen molar-refractivity contribution in [1.29, 1.82) is 0 Å². The van der Waals surface area contributed by atoms with Gasteiger partial charge >= 0.3 is 0 Å². The van der Waals surface area contributed by atoms with Crippen LogP contribution in [-0.2, 0) is 10.4 Å². The summed E-state index contributed by atoms with van der Waals surface area (Å²) in [5.74, 6) is 0.0545. The van der Waals surface area contributed by atoms with E-state index in [9.17, 15) is 14.7 Å². The summed E-state index contributed by atoms with van der Waals surface area (Å²) in [5.41, 5.74) is 1.30. The number of nitrogens with one attached hydrogen (secondary N) is 1. The van der Waals surface area contributed by atoms with Crippen LogP contribution in [0, 0.1) is 13.8 Å². The molecule has 2 rings (SSSR count). The van der Waals surface area contributed by atoms with Crippen molar-refractivity contribution in [2.75, 3.05) is 6.54 Å². The Hall–Kier alpha value is -2.40. The number of benzene rings is 1. The van der Waals surface area contributed by atoms with Gasteiger partial charge in [0.1, 0.15) is 11.4 Å². The van der Waals surface area contributed by atoms with Crippen LogP contribution >= 0.6 is 0 Å². The third-order valence-corrected chi connectivity index (χ3v) is 3.95. The van der Waals surface area contributed by atoms with Crippen molar-refractivity contribution >= 4 is 11.7 Å². The monoisotopic (exact) mass is 329 g/mol. The summed E-state index contributed by atoms with van der Waals surface area (Å²) < 4.78 is 5.16. The van der Waals surface area contributed by atoms with Gasteiger partial charge in [-0.25, -0.2) is 0 Å². The van der Waals surface area contributed by atoms with Crippen LogP contribution in [0.4, 0.5) is 0 Å². The first-order valence-electron chi connectivity index (χ1n) is 7.93. The van der Waals surface area contributed by atoms with Crippen molar-refractivity contribution in [2.24, 2.45) is 0 Å². The van der Waals surface area contributed by atoms with Gasteiger partial charge < -0.3 is 14.8 Å². The van der Waals surface area contributed by atoms with E-state index in [1.165, 1.54) is 6.26 Å². The standard InChI is InChI=1S/C19H23NO4/c1-13-6-7-14(2)15(11-13)16(21)8-9-18(22)20-12-19(3,23)17-5-4-10-24-17/h4-7,10-11,23H,8-9,12H2,1-3H3,(H,20,22). The van der Waals surface area contributed by atoms with Crippen LogP contribution in [-0.4, -0.2) is 23.3 Å². The second-order valence-corrected chi connectivity index (χ2v) is 6.27. The van der Waals surface area contributed by atoms with E-state index in [0.717, 1.165) is 11.1 Å². The van der Waals surface area contributed by atoms with E-state index < -0.39 is 5.60 Å². The molecular formula is C19H23NO4. The fourth-order valence-corrected chi connectivity index (χ4v) is 2.43. The molecule has 1 aromatic heterocycles. The molecule has 0 fully saturated rings. The number of amides is 1. The van der Waals surface area contributed by atoms with Gasteiger partial charge in [-0.05, 0) is 44.5 Å². The van der Waals surface area contributed by atoms with Gasteiger partial charge in [-0.2, -0.15) is 0 Å². The minimum absolute atomic E-state index is 0.0248. The first kappa shape index (κ1) is 17.9. The van der Waals surface area contributed by atoms with Crippen molar-refractivity contribution in [1.82, 2.24) is 5.32 Å². The van der Waals surface area contributed by atoms with Crippen LogP contribution in [0.5, 0.6) is 0 Å². The number of aryl methyl sites for hydroxylation is 2. The lowest BCUT2D eigenvalue weighted by Gasteiger charge is -2.21. The predicted molar refractivity (Wildman–Crippen MR) is 90.8 cm³/mol. The molecule has 0 bridgehead atoms. The van der Waals surface area contributed by atoms with E-state index >= 15 is 0 Å². The lowest BCUT2D eigenvalue weighted by Crippen LogP contribution is -2.38. The van der Waals surface area contributed by atoms with Crippen LogP contribution in [0.1, 0.15) is 47.0 Å². The second kappa shape index (κ2) is 7.45. The van der Waals surface area contributed by atoms with Crippen molar-refractivity contribution in [2.45, 2.75) is 39.2 Å². The normalized spacial score (nSPS) is 13.3. The van der Waals surface area contributed by atoms with Gasteiger partial charge in [0.2, 0.25) is 5.91 Å². The number of rotatable bonds is 7. The van der Waals surface area contributed by atoms with E-state index in [0.29, 0.717) is 11.3 Å². The third kappa shape index (κ3) is 4.55. The molecule has 2 aromatic rings. The van der Waals surface area contributed by atoms with E-state index in [-0.39, 0.29) is 31.1 Å². The predicted octanol–water partition coefficient (Wildman–Crippen LogP) is 2.88. The molecule has 0 aliphatic rings. The number of carbonyl (C=O) groups excluding carboxylic acids is 2. The maximum atomic E-state index is 12.3. The molecule has 5 heteroatoms. The molecule has 2 N–H and O–H groups in total. The number of furan rings is 1. The van der Waals surface area contributed by atoms with Crippen molar-refractivity contribution in [3.63, 3.8) is 0 Å². The van der Waals surface area contributed by atoms with Crippen LogP contribution in [0.15, 0.2) is 41.0 Å². The highest BCUT2D eigenvalue weighted by molar-refractivity contribution is 5.99. The highest BCUT2D eigenvalue weighted by atomic mass is 16.4. The Balaban J connectivity index is 1.85. The minimum atomic E-state index is -1.28. The zero-order chi connectivity index (χ0) is 17.7. The fraction of sp³-hybridized carbons (Fsp3) is 0.368. The Morgan fingerprint density at radius 1 is 1.21 bits per heavy atom. The first-order valence-corrected chi connectivity index (χ1v) is 7.93. The van der Waals surface area contributed by atoms with Gasteiger partial charge in [0.15, 0.2) is 5.78 Å². The molecule has 1 atom stereocenters. The van der Waals surface area contributed by atoms with Crippen LogP contribution in [0.2, 0.25) is 0 Å². The number of Topliss-reactive ketones (excluding diaryl/α,β-unsaturated/α-hetero) is 1. The molecule has 0 spiro atoms. The molecule has 128 valence electrons. The second-order valence-electron chi connectivity index (χ2n) is 6.27. The van der Waals surface area contributed by atoms with E-state index in [1.807, 2.05) is 32.0 Å². The Labute approximate surface area is 141 Å². The molecule has 0 saturated heterocycles. The molecule has 24 heavy (non-hydrogen) atoms. The van der Waals surface area contributed by atoms with Gasteiger partial charge in [-0.1, -0.05) is 17.7 Å². The van der Waals surface area contributed by atoms with Gasteiger partial charge in [0.05, 0.1) is 12.8 Å². The average molecular weight is 329 g/mol. The maximum absolute atomic E-state index is 12.3. The largest absolute Gasteiger partial charge is 0.466 e. The van der Waals surface area contributed by atoms with Crippen LogP contribution in [0.3, 0.4) is 0 Å². The van der Waals surface area contributed by atoms with Crippen molar-refractivity contribution < 1.29 is 19.1 Å². The van der Waals surface area contributed by atoms with Gasteiger partial charge in [0, 0.05) is 18.4 Å². The lowest BCUT2D eigenvalue weighted by molar-refractivity contribution is -0.122. The van der Waals surface area contributed by atoms with E-state index in [4.69, 9.17) is 4.42 Å². The molecule has 0 saturated carbocycles. The van der Waals surface area contributed by atoms with Crippen molar-refractivity contribution in [3.8, 4) is 0 Å². The number of aliphatic hydroxyl groups is 1. The Bertz CT molecular complexity index is 717. The van der Waals surface area contributed by atoms with Crippen LogP contribution in [0.25, 0.3) is 0 Å². The summed E-state index contributed by atoms with van der Waals surface area (Å²) in [6.07, 6.45) is 1.69. The summed E-state index contributed by atoms with van der Waals surface area (Å²) in [6, 6.07) is 9.03. The van der Waals surface area contributed by atoms with Gasteiger partial charge in [0.25, 0.3) is 0 Å². The summed E-state index contributed by atoms with van der Waals surface area (Å²) in [7, 11) is 0. The maximum Gasteiger partial charge on any atom is 0.220 e. The Kier molecular flexibility index (Phi) is 5.57. The first-order chi connectivity index (χ1) is 11.3. The van der Waals surface area contributed by atoms with E-state index in [2.05, 4.69) is 5.32 Å². The molecule has 0 aliphatic carbocycles. The van der Waals surface area contributed by atoms with Crippen molar-refractivity contribution in [3.05, 3.63) is 59.0 Å². The highest BCUT2D eigenvalue weighted by Gasteiger charge is 2.26. The summed E-state index contributed by atoms with van der Waals surface area (Å²) in [4.78, 5) is 24.2. The zero-order valence-electron chi connectivity index (χ0n) is 14.3. The SMILES string of the molecule is Cc1ccc(C)c(C(=O)CCC(=O)NCC(C)(O)c2ccco2)c1. The molecule has 1 unspecified atom stereocenters. The highest BCUT2D eigenvalue weighted by Crippen LogP contribution is 2.20. The third-order valence-electron chi connectivity index (χ3n) is 3.95. The van der Waals surface area contributed by atoms with Gasteiger partial charge in [-0.3, -0.25) is 9.59 Å². The molecule has 0 radical (unpaired) electrons. The fourth-order valence-electron chi connectivity index (χ4n) is 2.43. The number of hydrogen-bond acceptors (Lipinski definition) is 4. The minimum Gasteiger partial charge on any atom is -0.466 e. The van der Waals surface area contributed by atoms with Gasteiger partial charge in [-0.15, -0.1) is 0 Å². The molecule has 1 amide bonds. The summed E-state index contributed by atoms with van der Waals surface area (Å²) in [5, 5.41) is 12.9. The molecular weight excluding hydrogens is 306 g/mol. The molecule has 0 aliphatic heterocycles. The molecule has 5 nitrogen and oxygen atoms in total. The Morgan fingerprint density at radius 2 is 1.96 bits per heavy atom. The molecule has 1 heterocycles. The zero-order valence-corrected chi connectivity index (χ0v) is 14.3. The lowest BCUT2D eigenvalue weighted by atomic mass is 9.99. The Morgan fingerprint density at radius 3 is 2.62 bits per heavy atom. The number of ketones is 1. The number of carbonyl (C=O) groups is 2.